The quantitative estimate of drug-likeness (QED) is 0.190. The maximum atomic E-state index is 12.7. The maximum absolute atomic E-state index is 12.7. The molecule has 0 radical (unpaired) electrons. The number of H-pyrrole nitrogens is 1. The monoisotopic (exact) mass is 442 g/mol. The molecule has 12 nitrogen and oxygen atoms in total. The molecule has 0 bridgehead atoms. The summed E-state index contributed by atoms with van der Waals surface area (Å²) in [6.45, 7) is -0.440. The highest BCUT2D eigenvalue weighted by Crippen LogP contribution is 2.19. The van der Waals surface area contributed by atoms with Crippen LogP contribution in [0, 0.1) is 0 Å². The number of thiol groups is 1. The highest BCUT2D eigenvalue weighted by atomic mass is 32.1. The summed E-state index contributed by atoms with van der Waals surface area (Å²) in [5.41, 5.74) is 6.69. The largest absolute Gasteiger partial charge is 0.480 e. The molecule has 0 aliphatic carbocycles. The molecule has 0 saturated carbocycles. The van der Waals surface area contributed by atoms with Crippen molar-refractivity contribution in [2.45, 2.75) is 43.4 Å². The Kier molecular flexibility index (Phi) is 8.62. The summed E-state index contributed by atoms with van der Waals surface area (Å²) < 4.78 is 0. The Bertz CT molecular complexity index is 760. The summed E-state index contributed by atoms with van der Waals surface area (Å²) in [7, 11) is 0. The van der Waals surface area contributed by atoms with Gasteiger partial charge in [0, 0.05) is 30.6 Å². The van der Waals surface area contributed by atoms with E-state index in [0.717, 1.165) is 0 Å². The summed E-state index contributed by atoms with van der Waals surface area (Å²) >= 11 is 4.03. The first-order chi connectivity index (χ1) is 14.3. The molecule has 166 valence electrons. The zero-order valence-corrected chi connectivity index (χ0v) is 17.0. The molecule has 1 fully saturated rings. The minimum Gasteiger partial charge on any atom is -0.480 e. The van der Waals surface area contributed by atoms with E-state index in [1.165, 1.54) is 11.2 Å². The van der Waals surface area contributed by atoms with Gasteiger partial charge >= 0.3 is 5.97 Å². The van der Waals surface area contributed by atoms with Crippen LogP contribution in [0.2, 0.25) is 0 Å². The van der Waals surface area contributed by atoms with E-state index in [1.54, 1.807) is 6.20 Å². The topological polar surface area (TPSA) is 191 Å². The number of carbonyl (C=O) groups excluding carboxylic acids is 3. The summed E-state index contributed by atoms with van der Waals surface area (Å²) in [4.78, 5) is 56.8. The molecule has 0 aromatic carbocycles. The van der Waals surface area contributed by atoms with Gasteiger partial charge in [0.05, 0.1) is 19.0 Å². The number of nitrogens with zero attached hydrogens (tertiary/aromatic N) is 2. The number of nitrogens with one attached hydrogen (secondary N) is 3. The Hall–Kier alpha value is -2.64. The molecule has 2 rings (SSSR count). The molecular formula is C17H26N6O6S. The van der Waals surface area contributed by atoms with Crippen molar-refractivity contribution >= 4 is 36.3 Å². The molecule has 1 aliphatic heterocycles. The fourth-order valence-electron chi connectivity index (χ4n) is 3.16. The first kappa shape index (κ1) is 23.6. The average molecular weight is 442 g/mol. The first-order valence-electron chi connectivity index (χ1n) is 9.37. The fourth-order valence-corrected chi connectivity index (χ4v) is 3.41. The van der Waals surface area contributed by atoms with Crippen LogP contribution in [0.1, 0.15) is 18.5 Å². The Morgan fingerprint density at radius 2 is 2.07 bits per heavy atom. The molecule has 1 aliphatic rings. The minimum absolute atomic E-state index is 0.102. The van der Waals surface area contributed by atoms with E-state index >= 15 is 0 Å². The number of hydrogen-bond donors (Lipinski definition) is 7. The molecule has 4 unspecified atom stereocenters. The second kappa shape index (κ2) is 10.9. The highest BCUT2D eigenvalue weighted by Gasteiger charge is 2.37. The number of carboxylic acids is 1. The number of hydrogen-bond acceptors (Lipinski definition) is 8. The van der Waals surface area contributed by atoms with Crippen LogP contribution in [-0.4, -0.2) is 91.8 Å². The summed E-state index contributed by atoms with van der Waals surface area (Å²) in [5.74, 6) is -3.25. The number of aromatic nitrogens is 2. The fraction of sp³-hybridized carbons (Fsp3) is 0.588. The van der Waals surface area contributed by atoms with Crippen molar-refractivity contribution in [3.05, 3.63) is 18.2 Å². The van der Waals surface area contributed by atoms with Gasteiger partial charge in [-0.05, 0) is 12.8 Å². The predicted octanol–water partition coefficient (Wildman–Crippen LogP) is -2.75. The third-order valence-corrected chi connectivity index (χ3v) is 5.13. The molecule has 30 heavy (non-hydrogen) atoms. The van der Waals surface area contributed by atoms with Gasteiger partial charge in [-0.25, -0.2) is 9.78 Å². The van der Waals surface area contributed by atoms with E-state index in [4.69, 9.17) is 15.9 Å². The second-order valence-electron chi connectivity index (χ2n) is 6.90. The van der Waals surface area contributed by atoms with Crippen LogP contribution in [0.5, 0.6) is 0 Å². The number of aliphatic carboxylic acids is 1. The van der Waals surface area contributed by atoms with Crippen LogP contribution in [0.15, 0.2) is 12.5 Å². The molecule has 0 spiro atoms. The number of carbonyl (C=O) groups is 4. The molecule has 1 saturated heterocycles. The lowest BCUT2D eigenvalue weighted by Gasteiger charge is -2.28. The number of nitrogens with two attached hydrogens (primary N) is 1. The molecule has 1 aromatic rings. The number of carboxylic acid groups (broad SMARTS) is 1. The summed E-state index contributed by atoms with van der Waals surface area (Å²) in [6, 6.07) is -4.29. The van der Waals surface area contributed by atoms with Gasteiger partial charge in [-0.15, -0.1) is 0 Å². The van der Waals surface area contributed by atoms with Crippen molar-refractivity contribution in [1.82, 2.24) is 25.5 Å². The number of aliphatic hydroxyl groups excluding tert-OH is 1. The van der Waals surface area contributed by atoms with Crippen molar-refractivity contribution in [3.8, 4) is 0 Å². The van der Waals surface area contributed by atoms with Gasteiger partial charge in [0.2, 0.25) is 17.7 Å². The number of likely N-dealkylation sites (tertiary alicyclic amines) is 1. The number of amides is 3. The molecule has 2 heterocycles. The minimum atomic E-state index is -1.50. The van der Waals surface area contributed by atoms with Gasteiger partial charge in [-0.3, -0.25) is 14.4 Å². The molecule has 4 atom stereocenters. The first-order valence-corrected chi connectivity index (χ1v) is 10.00. The lowest BCUT2D eigenvalue weighted by atomic mass is 10.1. The van der Waals surface area contributed by atoms with E-state index in [9.17, 15) is 19.2 Å². The van der Waals surface area contributed by atoms with Crippen molar-refractivity contribution in [1.29, 1.82) is 0 Å². The van der Waals surface area contributed by atoms with E-state index in [-0.39, 0.29) is 18.1 Å². The molecule has 7 N–H and O–H groups in total. The van der Waals surface area contributed by atoms with Crippen molar-refractivity contribution in [2.75, 3.05) is 18.9 Å². The number of aromatic amines is 1. The maximum Gasteiger partial charge on any atom is 0.328 e. The van der Waals surface area contributed by atoms with Gasteiger partial charge in [-0.1, -0.05) is 0 Å². The highest BCUT2D eigenvalue weighted by molar-refractivity contribution is 7.80. The van der Waals surface area contributed by atoms with Crippen molar-refractivity contribution in [2.24, 2.45) is 5.73 Å². The van der Waals surface area contributed by atoms with E-state index in [0.29, 0.717) is 25.1 Å². The summed E-state index contributed by atoms with van der Waals surface area (Å²) in [6.07, 6.45) is 4.29. The number of rotatable bonds is 10. The van der Waals surface area contributed by atoms with E-state index in [1.807, 2.05) is 0 Å². The Morgan fingerprint density at radius 1 is 1.33 bits per heavy atom. The zero-order chi connectivity index (χ0) is 22.3. The van der Waals surface area contributed by atoms with E-state index in [2.05, 4.69) is 33.2 Å². The Labute approximate surface area is 178 Å². The van der Waals surface area contributed by atoms with Crippen LogP contribution in [0.3, 0.4) is 0 Å². The van der Waals surface area contributed by atoms with Gasteiger partial charge in [0.15, 0.2) is 0 Å². The average Bonchev–Trinajstić information content (AvgIpc) is 3.40. The van der Waals surface area contributed by atoms with E-state index < -0.39 is 48.6 Å². The number of aliphatic hydroxyl groups is 1. The van der Waals surface area contributed by atoms with Gasteiger partial charge in [-0.2, -0.15) is 12.6 Å². The van der Waals surface area contributed by atoms with Crippen molar-refractivity contribution < 1.29 is 29.4 Å². The lowest BCUT2D eigenvalue weighted by molar-refractivity contribution is -0.143. The second-order valence-corrected chi connectivity index (χ2v) is 7.27. The molecule has 13 heteroatoms. The SMILES string of the molecule is NC(Cc1cnc[nH]1)C(=O)N1CCCC1C(=O)NC(CS)C(=O)NC(CO)C(=O)O. The standard InChI is InChI=1S/C17H26N6O6S/c18-10(4-9-5-19-8-20-9)16(27)23-3-1-2-13(23)15(26)22-12(7-30)14(25)21-11(6-24)17(28)29/h5,8,10-13,24,30H,1-4,6-7,18H2,(H,19,20)(H,21,25)(H,22,26)(H,28,29). The molecule has 3 amide bonds. The zero-order valence-electron chi connectivity index (χ0n) is 16.2. The third-order valence-electron chi connectivity index (χ3n) is 4.76. The molecule has 1 aromatic heterocycles. The van der Waals surface area contributed by atoms with Crippen LogP contribution in [-0.2, 0) is 25.6 Å². The normalized spacial score (nSPS) is 19.0. The predicted molar refractivity (Wildman–Crippen MR) is 107 cm³/mol. The molecular weight excluding hydrogens is 416 g/mol. The Balaban J connectivity index is 1.98. The van der Waals surface area contributed by atoms with Gasteiger partial charge in [0.1, 0.15) is 18.1 Å². The van der Waals surface area contributed by atoms with Crippen LogP contribution < -0.4 is 16.4 Å². The van der Waals surface area contributed by atoms with Gasteiger partial charge in [0.25, 0.3) is 0 Å². The van der Waals surface area contributed by atoms with Crippen molar-refractivity contribution in [3.63, 3.8) is 0 Å². The summed E-state index contributed by atoms with van der Waals surface area (Å²) in [5, 5.41) is 22.6. The third kappa shape index (κ3) is 5.93. The van der Waals surface area contributed by atoms with Crippen LogP contribution in [0.25, 0.3) is 0 Å². The smallest absolute Gasteiger partial charge is 0.328 e. The lowest BCUT2D eigenvalue weighted by Crippen LogP contribution is -2.57. The van der Waals surface area contributed by atoms with Gasteiger partial charge < -0.3 is 36.5 Å². The van der Waals surface area contributed by atoms with Crippen LogP contribution in [0.4, 0.5) is 0 Å². The number of imidazole rings is 1. The van der Waals surface area contributed by atoms with Crippen LogP contribution >= 0.6 is 12.6 Å². The Morgan fingerprint density at radius 3 is 2.63 bits per heavy atom.